The molecule has 1 aromatic carbocycles. The number of hydrogen-bond acceptors (Lipinski definition) is 5. The summed E-state index contributed by atoms with van der Waals surface area (Å²) in [5, 5.41) is 2.90. The lowest BCUT2D eigenvalue weighted by atomic mass is 10.2. The van der Waals surface area contributed by atoms with Crippen LogP contribution in [0, 0.1) is 0 Å². The summed E-state index contributed by atoms with van der Waals surface area (Å²) < 4.78 is 16.5. The molecule has 142 valence electrons. The summed E-state index contributed by atoms with van der Waals surface area (Å²) in [6, 6.07) is 5.25. The summed E-state index contributed by atoms with van der Waals surface area (Å²) in [5.74, 6) is 1.18. The van der Waals surface area contributed by atoms with Gasteiger partial charge in [0.15, 0.2) is 11.5 Å². The predicted octanol–water partition coefficient (Wildman–Crippen LogP) is 1.56. The van der Waals surface area contributed by atoms with Crippen LogP contribution in [0.1, 0.15) is 13.3 Å². The average molecular weight is 363 g/mol. The number of anilines is 1. The highest BCUT2D eigenvalue weighted by molar-refractivity contribution is 5.92. The highest BCUT2D eigenvalue weighted by Gasteiger charge is 2.25. The molecule has 3 amide bonds. The van der Waals surface area contributed by atoms with Crippen molar-refractivity contribution in [1.29, 1.82) is 0 Å². The van der Waals surface area contributed by atoms with Crippen LogP contribution in [0.5, 0.6) is 11.5 Å². The van der Waals surface area contributed by atoms with Crippen molar-refractivity contribution >= 4 is 17.6 Å². The number of piperazine rings is 1. The lowest BCUT2D eigenvalue weighted by molar-refractivity contribution is -0.137. The normalized spacial score (nSPS) is 16.8. The molecule has 2 heterocycles. The smallest absolute Gasteiger partial charge is 0.322 e. The number of ether oxygens (including phenoxy) is 3. The van der Waals surface area contributed by atoms with Crippen molar-refractivity contribution in [2.24, 2.45) is 0 Å². The van der Waals surface area contributed by atoms with E-state index in [1.54, 1.807) is 15.9 Å². The van der Waals surface area contributed by atoms with Gasteiger partial charge in [0.25, 0.3) is 0 Å². The lowest BCUT2D eigenvalue weighted by Crippen LogP contribution is -2.52. The Morgan fingerprint density at radius 2 is 1.85 bits per heavy atom. The summed E-state index contributed by atoms with van der Waals surface area (Å²) in [5.41, 5.74) is 0.601. The van der Waals surface area contributed by atoms with Crippen LogP contribution in [0.3, 0.4) is 0 Å². The van der Waals surface area contributed by atoms with Crippen molar-refractivity contribution in [3.8, 4) is 11.5 Å². The Kier molecular flexibility index (Phi) is 6.17. The van der Waals surface area contributed by atoms with Gasteiger partial charge in [0.05, 0.1) is 18.9 Å². The summed E-state index contributed by atoms with van der Waals surface area (Å²) in [6.07, 6.45) is 0.805. The lowest BCUT2D eigenvalue weighted by Gasteiger charge is -2.34. The van der Waals surface area contributed by atoms with Gasteiger partial charge >= 0.3 is 6.03 Å². The zero-order valence-corrected chi connectivity index (χ0v) is 15.0. The van der Waals surface area contributed by atoms with Crippen LogP contribution in [-0.2, 0) is 9.53 Å². The van der Waals surface area contributed by atoms with E-state index in [0.717, 1.165) is 6.42 Å². The largest absolute Gasteiger partial charge is 0.489 e. The number of rotatable bonds is 4. The van der Waals surface area contributed by atoms with Gasteiger partial charge in [-0.15, -0.1) is 0 Å². The molecule has 0 atom stereocenters. The van der Waals surface area contributed by atoms with E-state index >= 15 is 0 Å². The number of carbonyl (C=O) groups excluding carboxylic acids is 2. The number of fused-ring (bicyclic) bond motifs is 1. The Morgan fingerprint density at radius 3 is 2.62 bits per heavy atom. The van der Waals surface area contributed by atoms with Crippen LogP contribution >= 0.6 is 0 Å². The van der Waals surface area contributed by atoms with Gasteiger partial charge in [-0.3, -0.25) is 4.79 Å². The van der Waals surface area contributed by atoms with E-state index in [1.807, 2.05) is 19.1 Å². The van der Waals surface area contributed by atoms with Crippen LogP contribution in [0.2, 0.25) is 0 Å². The summed E-state index contributed by atoms with van der Waals surface area (Å²) in [4.78, 5) is 28.0. The minimum absolute atomic E-state index is 0.0363. The number of nitrogens with one attached hydrogen (secondary N) is 1. The predicted molar refractivity (Wildman–Crippen MR) is 95.7 cm³/mol. The first-order valence-electron chi connectivity index (χ1n) is 8.99. The van der Waals surface area contributed by atoms with Crippen molar-refractivity contribution in [2.75, 3.05) is 57.9 Å². The van der Waals surface area contributed by atoms with E-state index in [4.69, 9.17) is 14.2 Å². The van der Waals surface area contributed by atoms with Crippen LogP contribution in [0.15, 0.2) is 18.2 Å². The molecule has 0 unspecified atom stereocenters. The Morgan fingerprint density at radius 1 is 1.12 bits per heavy atom. The monoisotopic (exact) mass is 363 g/mol. The maximum atomic E-state index is 12.6. The molecule has 2 aliphatic rings. The van der Waals surface area contributed by atoms with Gasteiger partial charge in [0.1, 0.15) is 6.61 Å². The van der Waals surface area contributed by atoms with E-state index < -0.39 is 0 Å². The number of hydrogen-bond donors (Lipinski definition) is 1. The van der Waals surface area contributed by atoms with Gasteiger partial charge in [-0.25, -0.2) is 4.79 Å². The van der Waals surface area contributed by atoms with Gasteiger partial charge < -0.3 is 29.3 Å². The highest BCUT2D eigenvalue weighted by atomic mass is 16.5. The third-order valence-electron chi connectivity index (χ3n) is 4.36. The molecule has 8 nitrogen and oxygen atoms in total. The zero-order valence-electron chi connectivity index (χ0n) is 15.0. The van der Waals surface area contributed by atoms with Crippen molar-refractivity contribution in [1.82, 2.24) is 9.80 Å². The fourth-order valence-electron chi connectivity index (χ4n) is 2.93. The maximum Gasteiger partial charge on any atom is 0.322 e. The van der Waals surface area contributed by atoms with Gasteiger partial charge in [0.2, 0.25) is 5.91 Å². The van der Waals surface area contributed by atoms with Gasteiger partial charge in [-0.1, -0.05) is 6.07 Å². The minimum atomic E-state index is -0.205. The number of para-hydroxylation sites is 1. The van der Waals surface area contributed by atoms with Crippen molar-refractivity contribution in [3.05, 3.63) is 18.2 Å². The summed E-state index contributed by atoms with van der Waals surface area (Å²) in [7, 11) is 0. The summed E-state index contributed by atoms with van der Waals surface area (Å²) in [6.45, 7) is 5.60. The van der Waals surface area contributed by atoms with Crippen molar-refractivity contribution in [3.63, 3.8) is 0 Å². The van der Waals surface area contributed by atoms with E-state index in [2.05, 4.69) is 5.32 Å². The van der Waals surface area contributed by atoms with Crippen LogP contribution in [-0.4, -0.2) is 74.3 Å². The average Bonchev–Trinajstić information content (AvgIpc) is 2.92. The number of urea groups is 1. The SMILES string of the molecule is CCOCC(=O)N1CCN(C(=O)Nc2cccc3c2OCCCO3)CC1. The molecule has 1 saturated heterocycles. The molecular formula is C18H25N3O5. The Labute approximate surface area is 153 Å². The molecule has 2 aliphatic heterocycles. The molecule has 0 spiro atoms. The Balaban J connectivity index is 1.56. The van der Waals surface area contributed by atoms with E-state index in [9.17, 15) is 9.59 Å². The molecular weight excluding hydrogens is 338 g/mol. The molecule has 0 saturated carbocycles. The molecule has 3 rings (SSSR count). The van der Waals surface area contributed by atoms with Crippen LogP contribution in [0.4, 0.5) is 10.5 Å². The van der Waals surface area contributed by atoms with E-state index in [0.29, 0.717) is 63.2 Å². The molecule has 0 aromatic heterocycles. The first-order chi connectivity index (χ1) is 12.7. The number of carbonyl (C=O) groups is 2. The molecule has 1 aromatic rings. The molecule has 8 heteroatoms. The Hall–Kier alpha value is -2.48. The van der Waals surface area contributed by atoms with Crippen LogP contribution in [0.25, 0.3) is 0 Å². The standard InChI is InChI=1S/C18H25N3O5/c1-2-24-13-16(22)20-7-9-21(10-8-20)18(23)19-14-5-3-6-15-17(14)26-12-4-11-25-15/h3,5-6H,2,4,7-13H2,1H3,(H,19,23). The Bertz CT molecular complexity index is 644. The highest BCUT2D eigenvalue weighted by Crippen LogP contribution is 2.37. The van der Waals surface area contributed by atoms with Gasteiger partial charge in [-0.2, -0.15) is 0 Å². The number of nitrogens with zero attached hydrogens (tertiary/aromatic N) is 2. The second kappa shape index (κ2) is 8.75. The zero-order chi connectivity index (χ0) is 18.4. The van der Waals surface area contributed by atoms with Crippen molar-refractivity contribution in [2.45, 2.75) is 13.3 Å². The van der Waals surface area contributed by atoms with E-state index in [-0.39, 0.29) is 18.5 Å². The number of amides is 3. The summed E-state index contributed by atoms with van der Waals surface area (Å²) >= 11 is 0. The molecule has 0 aliphatic carbocycles. The quantitative estimate of drug-likeness (QED) is 0.878. The molecule has 0 radical (unpaired) electrons. The third-order valence-corrected chi connectivity index (χ3v) is 4.36. The second-order valence-electron chi connectivity index (χ2n) is 6.12. The maximum absolute atomic E-state index is 12.6. The molecule has 1 N–H and O–H groups in total. The molecule has 26 heavy (non-hydrogen) atoms. The minimum Gasteiger partial charge on any atom is -0.489 e. The fraction of sp³-hybridized carbons (Fsp3) is 0.556. The first kappa shape index (κ1) is 18.3. The number of benzene rings is 1. The topological polar surface area (TPSA) is 80.3 Å². The molecule has 0 bridgehead atoms. The second-order valence-corrected chi connectivity index (χ2v) is 6.12. The molecule has 1 fully saturated rings. The fourth-order valence-corrected chi connectivity index (χ4v) is 2.93. The van der Waals surface area contributed by atoms with E-state index in [1.165, 1.54) is 0 Å². The van der Waals surface area contributed by atoms with Gasteiger partial charge in [0, 0.05) is 39.2 Å². The van der Waals surface area contributed by atoms with Crippen molar-refractivity contribution < 1.29 is 23.8 Å². The third kappa shape index (κ3) is 4.37. The van der Waals surface area contributed by atoms with Gasteiger partial charge in [-0.05, 0) is 19.1 Å². The van der Waals surface area contributed by atoms with Crippen LogP contribution < -0.4 is 14.8 Å². The first-order valence-corrected chi connectivity index (χ1v) is 8.99.